The smallest absolute Gasteiger partial charge is 0.465 e. The zero-order chi connectivity index (χ0) is 13.0. The van der Waals surface area contributed by atoms with Crippen molar-refractivity contribution in [3.8, 4) is 0 Å². The number of nitrogens with two attached hydrogens (primary N) is 1. The summed E-state index contributed by atoms with van der Waals surface area (Å²) in [6.07, 6.45) is -0.194. The first-order valence-electron chi connectivity index (χ1n) is 4.20. The molecule has 0 saturated carbocycles. The van der Waals surface area contributed by atoms with Crippen LogP contribution >= 0.6 is 0 Å². The van der Waals surface area contributed by atoms with Crippen LogP contribution in [0.15, 0.2) is 30.3 Å². The van der Waals surface area contributed by atoms with E-state index in [0.29, 0.717) is 0 Å². The molecule has 0 radical (unpaired) electrons. The van der Waals surface area contributed by atoms with E-state index in [2.05, 4.69) is 36.9 Å². The van der Waals surface area contributed by atoms with Crippen molar-refractivity contribution in [2.75, 3.05) is 0 Å². The monoisotopic (exact) mass is 271 g/mol. The number of primary amides is 1. The summed E-state index contributed by atoms with van der Waals surface area (Å²) in [5.41, 5.74) is 5.44. The first kappa shape index (κ1) is 21.7. The Bertz CT molecular complexity index is 344. The van der Waals surface area contributed by atoms with Crippen molar-refractivity contribution in [2.45, 2.75) is 13.3 Å². The van der Waals surface area contributed by atoms with Crippen LogP contribution in [-0.4, -0.2) is 15.8 Å². The minimum Gasteiger partial charge on any atom is -0.465 e. The van der Waals surface area contributed by atoms with Crippen molar-refractivity contribution in [3.05, 3.63) is 35.9 Å². The first-order valence-corrected chi connectivity index (χ1v) is 5.24. The van der Waals surface area contributed by atoms with Crippen molar-refractivity contribution < 1.29 is 52.4 Å². The second-order valence-electron chi connectivity index (χ2n) is 2.39. The fourth-order valence-electron chi connectivity index (χ4n) is 0.714. The fourth-order valence-corrected chi connectivity index (χ4v) is 0.714. The van der Waals surface area contributed by atoms with Gasteiger partial charge in [0.25, 0.3) is 0 Å². The molecule has 0 spiro atoms. The summed E-state index contributed by atoms with van der Waals surface area (Å²) in [7, 11) is -2.86. The van der Waals surface area contributed by atoms with E-state index in [4.69, 9.17) is 22.9 Å². The largest absolute Gasteiger partial charge is 1.00 e. The summed E-state index contributed by atoms with van der Waals surface area (Å²) in [4.78, 5) is 8.78. The zero-order valence-corrected chi connectivity index (χ0v) is 12.5. The molecule has 0 aliphatic rings. The normalized spacial score (nSPS) is 7.71. The van der Waals surface area contributed by atoms with Crippen LogP contribution in [0.3, 0.4) is 0 Å². The number of carbonyl (C=O) groups is 1. The van der Waals surface area contributed by atoms with Gasteiger partial charge in [-0.1, -0.05) is 37.3 Å². The molecule has 92 valence electrons. The number of aryl methyl sites for hydroxylation is 1. The van der Waals surface area contributed by atoms with Gasteiger partial charge in [0.15, 0.2) is 0 Å². The zero-order valence-electron chi connectivity index (χ0n) is 9.70. The van der Waals surface area contributed by atoms with Gasteiger partial charge < -0.3 is 23.8 Å². The van der Waals surface area contributed by atoms with Gasteiger partial charge in [0, 0.05) is 11.0 Å². The summed E-state index contributed by atoms with van der Waals surface area (Å²) < 4.78 is 24.1. The minimum atomic E-state index is -2.86. The van der Waals surface area contributed by atoms with Gasteiger partial charge in [0.1, 0.15) is 0 Å². The van der Waals surface area contributed by atoms with E-state index in [-0.39, 0.29) is 29.6 Å². The van der Waals surface area contributed by atoms with Crippen LogP contribution in [0.5, 0.6) is 0 Å². The summed E-state index contributed by atoms with van der Waals surface area (Å²) in [5.74, 6) is 0. The minimum absolute atomic E-state index is 0. The molecular weight excluding hydrogens is 257 g/mol. The van der Waals surface area contributed by atoms with Crippen molar-refractivity contribution >= 4 is 17.1 Å². The van der Waals surface area contributed by atoms with Crippen molar-refractivity contribution in [1.82, 2.24) is 0 Å². The molecule has 6 nitrogen and oxygen atoms in total. The third-order valence-corrected chi connectivity index (χ3v) is 1.25. The SMILES string of the molecule is CCc1ccccc1.NC(=O)O.O=[S-](=O)O.[Na+]. The predicted octanol–water partition coefficient (Wildman–Crippen LogP) is -1.36. The van der Waals surface area contributed by atoms with Crippen LogP contribution in [-0.2, 0) is 25.8 Å². The maximum Gasteiger partial charge on any atom is 1.00 e. The molecule has 0 heterocycles. The molecule has 4 N–H and O–H groups in total. The molecule has 0 bridgehead atoms. The van der Waals surface area contributed by atoms with Gasteiger partial charge in [0.2, 0.25) is 0 Å². The van der Waals surface area contributed by atoms with Crippen LogP contribution in [0, 0.1) is 0 Å². The number of hydrogen-bond acceptors (Lipinski definition) is 4. The topological polar surface area (TPSA) is 118 Å². The van der Waals surface area contributed by atoms with E-state index in [1.54, 1.807) is 0 Å². The molecule has 1 aromatic carbocycles. The van der Waals surface area contributed by atoms with E-state index in [0.717, 1.165) is 6.42 Å². The second-order valence-corrected chi connectivity index (χ2v) is 2.83. The van der Waals surface area contributed by atoms with E-state index in [1.807, 2.05) is 6.07 Å². The predicted molar refractivity (Wildman–Crippen MR) is 59.4 cm³/mol. The Kier molecular flexibility index (Phi) is 19.6. The maximum absolute atomic E-state index is 8.78. The van der Waals surface area contributed by atoms with Crippen LogP contribution in [0.1, 0.15) is 12.5 Å². The number of benzene rings is 1. The molecule has 1 rings (SSSR count). The van der Waals surface area contributed by atoms with E-state index in [9.17, 15) is 0 Å². The molecule has 0 unspecified atom stereocenters. The van der Waals surface area contributed by atoms with Gasteiger partial charge in [-0.2, -0.15) is 0 Å². The number of hydrogen-bond donors (Lipinski definition) is 3. The molecule has 0 atom stereocenters. The average molecular weight is 271 g/mol. The third kappa shape index (κ3) is 31.3. The summed E-state index contributed by atoms with van der Waals surface area (Å²) in [5, 5.41) is 7.19. The standard InChI is InChI=1S/C8H10.CH3NO2.Na.HO3S/c1-2-8-6-4-3-5-7-8;2-1(3)4;;1-4(2)3/h3-7H,2H2,1H3;2H2,(H,3,4);;(H,1,2,3)/q;;+1;-1. The first-order chi connectivity index (χ1) is 7.40. The van der Waals surface area contributed by atoms with Gasteiger partial charge in [-0.05, 0) is 12.0 Å². The third-order valence-electron chi connectivity index (χ3n) is 1.25. The van der Waals surface area contributed by atoms with Crippen molar-refractivity contribution in [1.29, 1.82) is 0 Å². The number of rotatable bonds is 1. The van der Waals surface area contributed by atoms with Crippen molar-refractivity contribution in [3.63, 3.8) is 0 Å². The Morgan fingerprint density at radius 3 is 1.76 bits per heavy atom. The molecule has 0 aliphatic carbocycles. The van der Waals surface area contributed by atoms with Crippen molar-refractivity contribution in [2.24, 2.45) is 5.73 Å². The van der Waals surface area contributed by atoms with E-state index < -0.39 is 17.1 Å². The van der Waals surface area contributed by atoms with E-state index >= 15 is 0 Å². The number of amides is 1. The molecule has 17 heavy (non-hydrogen) atoms. The average Bonchev–Trinajstić information content (AvgIpc) is 2.17. The molecule has 1 amide bonds. The van der Waals surface area contributed by atoms with Crippen LogP contribution in [0.2, 0.25) is 0 Å². The van der Waals surface area contributed by atoms with Crippen LogP contribution in [0.4, 0.5) is 4.79 Å². The molecule has 0 saturated heterocycles. The van der Waals surface area contributed by atoms with Crippen LogP contribution in [0.25, 0.3) is 0 Å². The molecule has 0 aromatic heterocycles. The number of carboxylic acid groups (broad SMARTS) is 1. The molecule has 1 aromatic rings. The van der Waals surface area contributed by atoms with Gasteiger partial charge in [0.05, 0.1) is 0 Å². The Hall–Kier alpha value is -0.600. The Morgan fingerprint density at radius 1 is 1.29 bits per heavy atom. The molecular formula is C9H14NNaO5S. The second kappa shape index (κ2) is 15.4. The summed E-state index contributed by atoms with van der Waals surface area (Å²) in [6.45, 7) is 2.16. The Morgan fingerprint density at radius 2 is 1.59 bits per heavy atom. The van der Waals surface area contributed by atoms with Gasteiger partial charge in [-0.3, -0.25) is 0 Å². The molecule has 8 heteroatoms. The van der Waals surface area contributed by atoms with Gasteiger partial charge in [-0.25, -0.2) is 4.79 Å². The quantitative estimate of drug-likeness (QED) is 0.252. The summed E-state index contributed by atoms with van der Waals surface area (Å²) >= 11 is 0. The van der Waals surface area contributed by atoms with E-state index in [1.165, 1.54) is 5.56 Å². The summed E-state index contributed by atoms with van der Waals surface area (Å²) in [6, 6.07) is 10.5. The van der Waals surface area contributed by atoms with Gasteiger partial charge in [-0.15, -0.1) is 0 Å². The fraction of sp³-hybridized carbons (Fsp3) is 0.222. The maximum atomic E-state index is 8.78. The Balaban J connectivity index is -0.000000189. The molecule has 0 aliphatic heterocycles. The Labute approximate surface area is 124 Å². The van der Waals surface area contributed by atoms with Crippen LogP contribution < -0.4 is 35.3 Å². The van der Waals surface area contributed by atoms with Gasteiger partial charge >= 0.3 is 35.7 Å². The molecule has 0 fully saturated rings.